The van der Waals surface area contributed by atoms with Crippen LogP contribution in [-0.4, -0.2) is 0 Å². The Balaban J connectivity index is 2.43. The van der Waals surface area contributed by atoms with Crippen LogP contribution in [-0.2, 0) is 0 Å². The largest absolute Gasteiger partial charge is 0.460 e. The molecule has 0 bridgehead atoms. The van der Waals surface area contributed by atoms with E-state index in [4.69, 9.17) is 4.42 Å². The van der Waals surface area contributed by atoms with Gasteiger partial charge in [-0.25, -0.2) is 4.39 Å². The fraction of sp³-hybridized carbons (Fsp3) is 0. The molecule has 0 atom stereocenters. The van der Waals surface area contributed by atoms with Gasteiger partial charge >= 0.3 is 0 Å². The van der Waals surface area contributed by atoms with Crippen molar-refractivity contribution < 1.29 is 8.81 Å². The Morgan fingerprint density at radius 3 is 2.42 bits per heavy atom. The van der Waals surface area contributed by atoms with Crippen LogP contribution in [0.25, 0.3) is 11.1 Å². The normalized spacial score (nSPS) is 10.1. The molecule has 0 fully saturated rings. The van der Waals surface area contributed by atoms with Crippen molar-refractivity contribution in [1.82, 2.24) is 0 Å². The van der Waals surface area contributed by atoms with Gasteiger partial charge in [0, 0.05) is 5.56 Å². The molecule has 0 aliphatic rings. The van der Waals surface area contributed by atoms with Gasteiger partial charge in [0.25, 0.3) is 0 Å². The van der Waals surface area contributed by atoms with Gasteiger partial charge in [-0.15, -0.1) is 0 Å². The van der Waals surface area contributed by atoms with Gasteiger partial charge in [-0.3, -0.25) is 0 Å². The van der Waals surface area contributed by atoms with E-state index in [-0.39, 0.29) is 5.82 Å². The molecule has 12 heavy (non-hydrogen) atoms. The molecule has 0 spiro atoms. The lowest BCUT2D eigenvalue weighted by Crippen LogP contribution is -1.74. The van der Waals surface area contributed by atoms with E-state index in [0.717, 1.165) is 11.1 Å². The summed E-state index contributed by atoms with van der Waals surface area (Å²) in [4.78, 5) is 0. The first-order valence-electron chi connectivity index (χ1n) is 3.57. The smallest absolute Gasteiger partial charge is 0.177 e. The third-order valence-corrected chi connectivity index (χ3v) is 1.63. The summed E-state index contributed by atoms with van der Waals surface area (Å²) in [5.41, 5.74) is 1.75. The molecule has 0 saturated heterocycles. The molecule has 0 N–H and O–H groups in total. The predicted octanol–water partition coefficient (Wildman–Crippen LogP) is 2.89. The summed E-state index contributed by atoms with van der Waals surface area (Å²) < 4.78 is 17.3. The highest BCUT2D eigenvalue weighted by Crippen LogP contribution is 2.18. The Kier molecular flexibility index (Phi) is 1.67. The van der Waals surface area contributed by atoms with Gasteiger partial charge in [0.15, 0.2) is 6.26 Å². The van der Waals surface area contributed by atoms with Crippen LogP contribution in [0.5, 0.6) is 0 Å². The van der Waals surface area contributed by atoms with E-state index in [1.54, 1.807) is 24.5 Å². The fourth-order valence-corrected chi connectivity index (χ4v) is 1.02. The van der Waals surface area contributed by atoms with Crippen molar-refractivity contribution in [2.24, 2.45) is 0 Å². The van der Waals surface area contributed by atoms with Crippen molar-refractivity contribution in [1.29, 1.82) is 0 Å². The van der Waals surface area contributed by atoms with Crippen LogP contribution in [0.15, 0.2) is 41.0 Å². The van der Waals surface area contributed by atoms with Crippen molar-refractivity contribution in [2.75, 3.05) is 0 Å². The molecule has 0 saturated carbocycles. The van der Waals surface area contributed by atoms with Crippen molar-refractivity contribution in [2.45, 2.75) is 0 Å². The lowest BCUT2D eigenvalue weighted by Gasteiger charge is -1.93. The molecular formula is C10H6FO. The second-order valence-electron chi connectivity index (χ2n) is 2.44. The first-order valence-corrected chi connectivity index (χ1v) is 3.57. The average molecular weight is 161 g/mol. The van der Waals surface area contributed by atoms with E-state index in [1.165, 1.54) is 12.1 Å². The summed E-state index contributed by atoms with van der Waals surface area (Å²) in [6.45, 7) is 0. The minimum atomic E-state index is -0.234. The van der Waals surface area contributed by atoms with Crippen LogP contribution in [0, 0.1) is 12.1 Å². The van der Waals surface area contributed by atoms with Crippen molar-refractivity contribution in [3.05, 3.63) is 48.7 Å². The highest BCUT2D eigenvalue weighted by atomic mass is 19.1. The highest BCUT2D eigenvalue weighted by Gasteiger charge is 1.98. The van der Waals surface area contributed by atoms with E-state index < -0.39 is 0 Å². The highest BCUT2D eigenvalue weighted by molar-refractivity contribution is 5.60. The standard InChI is InChI=1S/C10H6FO/c11-10-3-1-8(2-4-10)9-5-6-12-7-9/h1-6H. The molecule has 0 aliphatic heterocycles. The molecular weight excluding hydrogens is 155 g/mol. The SMILES string of the molecule is Fc1ccc(-c2[c]occ2)cc1. The van der Waals surface area contributed by atoms with Gasteiger partial charge in [-0.1, -0.05) is 12.1 Å². The van der Waals surface area contributed by atoms with Crippen LogP contribution in [0.3, 0.4) is 0 Å². The van der Waals surface area contributed by atoms with Crippen LogP contribution < -0.4 is 0 Å². The third-order valence-electron chi connectivity index (χ3n) is 1.63. The van der Waals surface area contributed by atoms with Crippen LogP contribution in [0.2, 0.25) is 0 Å². The molecule has 1 aromatic heterocycles. The van der Waals surface area contributed by atoms with Crippen molar-refractivity contribution >= 4 is 0 Å². The lowest BCUT2D eigenvalue weighted by atomic mass is 10.1. The van der Waals surface area contributed by atoms with Gasteiger partial charge < -0.3 is 4.42 Å². The molecule has 0 aliphatic carbocycles. The molecule has 2 rings (SSSR count). The molecule has 1 aromatic carbocycles. The molecule has 59 valence electrons. The second-order valence-corrected chi connectivity index (χ2v) is 2.44. The van der Waals surface area contributed by atoms with Crippen LogP contribution in [0.4, 0.5) is 4.39 Å². The summed E-state index contributed by atoms with van der Waals surface area (Å²) in [6, 6.07) is 7.99. The summed E-state index contributed by atoms with van der Waals surface area (Å²) >= 11 is 0. The molecule has 2 aromatic rings. The van der Waals surface area contributed by atoms with Crippen molar-refractivity contribution in [3.63, 3.8) is 0 Å². The maximum atomic E-state index is 12.5. The molecule has 1 heterocycles. The first-order chi connectivity index (χ1) is 5.86. The second kappa shape index (κ2) is 2.81. The Hall–Kier alpha value is -1.57. The van der Waals surface area contributed by atoms with Crippen molar-refractivity contribution in [3.8, 4) is 11.1 Å². The van der Waals surface area contributed by atoms with Crippen LogP contribution >= 0.6 is 0 Å². The third kappa shape index (κ3) is 1.23. The quantitative estimate of drug-likeness (QED) is 0.626. The predicted molar refractivity (Wildman–Crippen MR) is 42.9 cm³/mol. The lowest BCUT2D eigenvalue weighted by molar-refractivity contribution is 0.559. The number of halogens is 1. The summed E-state index contributed by atoms with van der Waals surface area (Å²) in [6.07, 6.45) is 4.22. The minimum absolute atomic E-state index is 0.234. The Morgan fingerprint density at radius 1 is 1.08 bits per heavy atom. The number of hydrogen-bond acceptors (Lipinski definition) is 1. The molecule has 0 unspecified atom stereocenters. The van der Waals surface area contributed by atoms with Crippen LogP contribution in [0.1, 0.15) is 0 Å². The Labute approximate surface area is 69.4 Å². The maximum absolute atomic E-state index is 12.5. The van der Waals surface area contributed by atoms with Gasteiger partial charge in [0.2, 0.25) is 0 Å². The van der Waals surface area contributed by atoms with Gasteiger partial charge in [-0.2, -0.15) is 0 Å². The summed E-state index contributed by atoms with van der Waals surface area (Å²) in [5, 5.41) is 0. The summed E-state index contributed by atoms with van der Waals surface area (Å²) in [7, 11) is 0. The zero-order valence-corrected chi connectivity index (χ0v) is 6.25. The Morgan fingerprint density at radius 2 is 1.83 bits per heavy atom. The zero-order chi connectivity index (χ0) is 8.39. The van der Waals surface area contributed by atoms with E-state index in [1.807, 2.05) is 0 Å². The topological polar surface area (TPSA) is 13.1 Å². The molecule has 1 radical (unpaired) electrons. The number of furan rings is 1. The van der Waals surface area contributed by atoms with Gasteiger partial charge in [0.05, 0.1) is 6.26 Å². The Bertz CT molecular complexity index is 348. The zero-order valence-electron chi connectivity index (χ0n) is 6.25. The number of rotatable bonds is 1. The molecule has 1 nitrogen and oxygen atoms in total. The minimum Gasteiger partial charge on any atom is -0.460 e. The van der Waals surface area contributed by atoms with E-state index in [2.05, 4.69) is 6.26 Å². The average Bonchev–Trinajstić information content (AvgIpc) is 2.58. The summed E-state index contributed by atoms with van der Waals surface area (Å²) in [5.74, 6) is -0.234. The monoisotopic (exact) mass is 161 g/mol. The first kappa shape index (κ1) is 7.10. The van der Waals surface area contributed by atoms with Gasteiger partial charge in [-0.05, 0) is 23.8 Å². The van der Waals surface area contributed by atoms with E-state index >= 15 is 0 Å². The maximum Gasteiger partial charge on any atom is 0.177 e. The number of benzene rings is 1. The van der Waals surface area contributed by atoms with Gasteiger partial charge in [0.1, 0.15) is 5.82 Å². The molecule has 0 amide bonds. The van der Waals surface area contributed by atoms with E-state index in [9.17, 15) is 4.39 Å². The fourth-order valence-electron chi connectivity index (χ4n) is 1.02. The van der Waals surface area contributed by atoms with E-state index in [0.29, 0.717) is 0 Å². The molecule has 2 heteroatoms. The number of hydrogen-bond donors (Lipinski definition) is 0.